The normalized spacial score (nSPS) is 17.0. The van der Waals surface area contributed by atoms with E-state index in [1.165, 1.54) is 13.2 Å². The van der Waals surface area contributed by atoms with Crippen LogP contribution in [0, 0.1) is 5.82 Å². The lowest BCUT2D eigenvalue weighted by Gasteiger charge is -2.34. The Morgan fingerprint density at radius 1 is 1.07 bits per heavy atom. The molecule has 222 valence electrons. The highest BCUT2D eigenvalue weighted by atomic mass is 19.1. The van der Waals surface area contributed by atoms with Gasteiger partial charge in [0, 0.05) is 80.6 Å². The predicted octanol–water partition coefficient (Wildman–Crippen LogP) is 4.07. The lowest BCUT2D eigenvalue weighted by atomic mass is 10.00. The zero-order chi connectivity index (χ0) is 29.8. The van der Waals surface area contributed by atoms with E-state index in [4.69, 9.17) is 15.5 Å². The minimum Gasteiger partial charge on any atom is -0.496 e. The number of halogens is 1. The number of carbonyl (C=O) groups is 1. The van der Waals surface area contributed by atoms with Gasteiger partial charge in [0.05, 0.1) is 12.7 Å². The number of pyridine rings is 1. The first kappa shape index (κ1) is 28.5. The quantitative estimate of drug-likeness (QED) is 0.296. The first-order valence-corrected chi connectivity index (χ1v) is 14.5. The Morgan fingerprint density at radius 3 is 2.65 bits per heavy atom. The molecule has 1 atom stereocenters. The van der Waals surface area contributed by atoms with Crippen molar-refractivity contribution < 1.29 is 13.9 Å². The van der Waals surface area contributed by atoms with Crippen LogP contribution in [0.2, 0.25) is 0 Å². The van der Waals surface area contributed by atoms with E-state index < -0.39 is 5.82 Å². The molecule has 4 aromatic rings. The number of hydrogen-bond acceptors (Lipinski definition) is 9. The number of anilines is 3. The molecule has 0 saturated carbocycles. The average molecular weight is 583 g/mol. The van der Waals surface area contributed by atoms with Crippen molar-refractivity contribution in [2.45, 2.75) is 18.9 Å². The fourth-order valence-corrected chi connectivity index (χ4v) is 5.64. The van der Waals surface area contributed by atoms with Gasteiger partial charge in [-0.15, -0.1) is 0 Å². The summed E-state index contributed by atoms with van der Waals surface area (Å²) >= 11 is 0. The van der Waals surface area contributed by atoms with Crippen molar-refractivity contribution in [3.05, 3.63) is 78.4 Å². The first-order valence-electron chi connectivity index (χ1n) is 14.5. The third-order valence-electron chi connectivity index (χ3n) is 7.86. The van der Waals surface area contributed by atoms with Crippen LogP contribution in [0.25, 0.3) is 22.5 Å². The maximum atomic E-state index is 14.7. The number of ether oxygens (including phenoxy) is 1. The Labute approximate surface area is 250 Å². The number of hydrogen-bond donors (Lipinski definition) is 3. The molecule has 0 spiro atoms. The van der Waals surface area contributed by atoms with Gasteiger partial charge < -0.3 is 30.9 Å². The van der Waals surface area contributed by atoms with E-state index in [-0.39, 0.29) is 23.3 Å². The van der Waals surface area contributed by atoms with Crippen LogP contribution in [0.4, 0.5) is 21.7 Å². The van der Waals surface area contributed by atoms with Gasteiger partial charge in [-0.25, -0.2) is 19.3 Å². The Kier molecular flexibility index (Phi) is 8.43. The topological polar surface area (TPSA) is 122 Å². The summed E-state index contributed by atoms with van der Waals surface area (Å²) in [6.07, 6.45) is 5.36. The van der Waals surface area contributed by atoms with Crippen molar-refractivity contribution in [2.75, 3.05) is 56.6 Å². The van der Waals surface area contributed by atoms with Crippen molar-refractivity contribution in [1.82, 2.24) is 25.2 Å². The van der Waals surface area contributed by atoms with Gasteiger partial charge in [0.1, 0.15) is 23.2 Å². The smallest absolute Gasteiger partial charge is 0.253 e. The molecule has 2 aliphatic heterocycles. The third kappa shape index (κ3) is 6.27. The fourth-order valence-electron chi connectivity index (χ4n) is 5.64. The fraction of sp³-hybridized carbons (Fsp3) is 0.312. The molecule has 2 aliphatic rings. The molecule has 11 heteroatoms. The number of piperidine rings is 1. The van der Waals surface area contributed by atoms with Crippen LogP contribution in [0.5, 0.6) is 5.75 Å². The number of nitrogens with two attached hydrogens (primary N) is 1. The van der Waals surface area contributed by atoms with E-state index in [0.717, 1.165) is 55.8 Å². The van der Waals surface area contributed by atoms with Gasteiger partial charge in [0.15, 0.2) is 5.82 Å². The van der Waals surface area contributed by atoms with Crippen molar-refractivity contribution in [3.63, 3.8) is 0 Å². The number of methoxy groups -OCH3 is 1. The number of benzene rings is 2. The van der Waals surface area contributed by atoms with Crippen LogP contribution in [0.3, 0.4) is 0 Å². The molecule has 2 aromatic heterocycles. The van der Waals surface area contributed by atoms with Crippen LogP contribution in [-0.2, 0) is 0 Å². The lowest BCUT2D eigenvalue weighted by molar-refractivity contribution is 0.0736. The second-order valence-electron chi connectivity index (χ2n) is 10.8. The number of nitrogens with one attached hydrogen (secondary N) is 2. The number of amides is 1. The molecule has 4 heterocycles. The summed E-state index contributed by atoms with van der Waals surface area (Å²) in [5, 5.41) is 6.54. The number of piperazine rings is 1. The summed E-state index contributed by atoms with van der Waals surface area (Å²) in [7, 11) is 1.48. The predicted molar refractivity (Wildman–Crippen MR) is 165 cm³/mol. The van der Waals surface area contributed by atoms with E-state index in [2.05, 4.69) is 25.5 Å². The second kappa shape index (κ2) is 12.7. The van der Waals surface area contributed by atoms with Crippen molar-refractivity contribution >= 4 is 23.2 Å². The van der Waals surface area contributed by atoms with Crippen LogP contribution in [0.1, 0.15) is 23.2 Å². The van der Waals surface area contributed by atoms with E-state index >= 15 is 0 Å². The van der Waals surface area contributed by atoms with Crippen molar-refractivity contribution in [1.29, 1.82) is 0 Å². The summed E-state index contributed by atoms with van der Waals surface area (Å²) in [4.78, 5) is 30.7. The van der Waals surface area contributed by atoms with Crippen LogP contribution in [-0.4, -0.2) is 78.2 Å². The maximum absolute atomic E-state index is 14.7. The zero-order valence-corrected chi connectivity index (χ0v) is 24.1. The molecule has 10 nitrogen and oxygen atoms in total. The van der Waals surface area contributed by atoms with E-state index in [9.17, 15) is 9.18 Å². The number of nitrogens with zero attached hydrogens (tertiary/aromatic N) is 5. The largest absolute Gasteiger partial charge is 0.496 e. The molecule has 0 bridgehead atoms. The van der Waals surface area contributed by atoms with Crippen molar-refractivity contribution in [2.24, 2.45) is 5.73 Å². The average Bonchev–Trinajstić information content (AvgIpc) is 3.05. The van der Waals surface area contributed by atoms with Gasteiger partial charge in [0.25, 0.3) is 5.91 Å². The second-order valence-corrected chi connectivity index (χ2v) is 10.8. The molecular weight excluding hydrogens is 547 g/mol. The Balaban J connectivity index is 1.30. The summed E-state index contributed by atoms with van der Waals surface area (Å²) < 4.78 is 20.1. The third-order valence-corrected chi connectivity index (χ3v) is 7.86. The Hall–Kier alpha value is -4.61. The minimum atomic E-state index is -0.469. The Bertz CT molecular complexity index is 1590. The zero-order valence-electron chi connectivity index (χ0n) is 24.1. The number of aromatic nitrogens is 3. The first-order chi connectivity index (χ1) is 21.0. The number of carbonyl (C=O) groups excluding carboxylic acids is 1. The molecule has 6 rings (SSSR count). The molecular formula is C32H35FN8O2. The molecule has 1 amide bonds. The standard InChI is InChI=1S/C32H35FN8O2/c1-43-27-6-2-5-25(33)30(27)31-36-12-11-28(39-31)38-29-18-26(41-15-3-4-23(34)20-41)24(19-37-29)21-7-9-22(10-8-21)32(42)40-16-13-35-14-17-40/h2,5-12,18-19,23,35H,3-4,13-17,20,34H2,1H3,(H,36,37,38,39)/t23-/m0/s1. The van der Waals surface area contributed by atoms with Gasteiger partial charge in [-0.2, -0.15) is 0 Å². The molecule has 2 aromatic carbocycles. The van der Waals surface area contributed by atoms with Gasteiger partial charge >= 0.3 is 0 Å². The maximum Gasteiger partial charge on any atom is 0.253 e. The molecule has 4 N–H and O–H groups in total. The highest BCUT2D eigenvalue weighted by molar-refractivity contribution is 5.95. The van der Waals surface area contributed by atoms with Gasteiger partial charge in [0.2, 0.25) is 0 Å². The van der Waals surface area contributed by atoms with Gasteiger partial charge in [-0.3, -0.25) is 4.79 Å². The monoisotopic (exact) mass is 582 g/mol. The SMILES string of the molecule is COc1cccc(F)c1-c1nccc(Nc2cc(N3CCC[C@H](N)C3)c(-c3ccc(C(=O)N4CCNCC4)cc3)cn2)n1. The van der Waals surface area contributed by atoms with Crippen LogP contribution < -0.4 is 26.0 Å². The van der Waals surface area contributed by atoms with E-state index in [1.807, 2.05) is 41.4 Å². The van der Waals surface area contributed by atoms with Gasteiger partial charge in [-0.1, -0.05) is 18.2 Å². The molecule has 2 fully saturated rings. The lowest BCUT2D eigenvalue weighted by Crippen LogP contribution is -2.46. The molecule has 43 heavy (non-hydrogen) atoms. The Morgan fingerprint density at radius 2 is 1.88 bits per heavy atom. The summed E-state index contributed by atoms with van der Waals surface area (Å²) in [5.41, 5.74) is 10.1. The molecule has 2 saturated heterocycles. The number of rotatable bonds is 7. The summed E-state index contributed by atoms with van der Waals surface area (Å²) in [5.74, 6) is 1.17. The van der Waals surface area contributed by atoms with Crippen LogP contribution in [0.15, 0.2) is 67.0 Å². The highest BCUT2D eigenvalue weighted by Gasteiger charge is 2.23. The summed E-state index contributed by atoms with van der Waals surface area (Å²) in [6.45, 7) is 4.63. The highest BCUT2D eigenvalue weighted by Crippen LogP contribution is 2.35. The molecule has 0 radical (unpaired) electrons. The van der Waals surface area contributed by atoms with Gasteiger partial charge in [-0.05, 0) is 48.7 Å². The molecule has 0 unspecified atom stereocenters. The molecule has 0 aliphatic carbocycles. The van der Waals surface area contributed by atoms with E-state index in [0.29, 0.717) is 36.0 Å². The van der Waals surface area contributed by atoms with Crippen molar-refractivity contribution in [3.8, 4) is 28.3 Å². The minimum absolute atomic E-state index is 0.0465. The summed E-state index contributed by atoms with van der Waals surface area (Å²) in [6, 6.07) is 16.1. The van der Waals surface area contributed by atoms with Crippen LogP contribution >= 0.6 is 0 Å². The van der Waals surface area contributed by atoms with E-state index in [1.54, 1.807) is 24.4 Å².